The van der Waals surface area contributed by atoms with E-state index in [0.717, 1.165) is 0 Å². The SMILES string of the molecule is O=C=Nc1ccc(Br)cc1C(F)F. The normalized spacial score (nSPS) is 9.85. The number of benzene rings is 1. The largest absolute Gasteiger partial charge is 0.265 e. The molecule has 2 nitrogen and oxygen atoms in total. The van der Waals surface area contributed by atoms with Gasteiger partial charge in [0.1, 0.15) is 0 Å². The molecule has 0 atom stereocenters. The van der Waals surface area contributed by atoms with E-state index >= 15 is 0 Å². The summed E-state index contributed by atoms with van der Waals surface area (Å²) in [5.74, 6) is 0. The zero-order valence-electron chi connectivity index (χ0n) is 6.30. The van der Waals surface area contributed by atoms with Crippen LogP contribution < -0.4 is 0 Å². The minimum Gasteiger partial charge on any atom is -0.211 e. The summed E-state index contributed by atoms with van der Waals surface area (Å²) in [6.07, 6.45) is -1.42. The molecule has 0 aliphatic carbocycles. The van der Waals surface area contributed by atoms with Crippen molar-refractivity contribution in [3.05, 3.63) is 28.2 Å². The van der Waals surface area contributed by atoms with E-state index in [9.17, 15) is 13.6 Å². The van der Waals surface area contributed by atoms with E-state index < -0.39 is 6.43 Å². The molecule has 5 heteroatoms. The highest BCUT2D eigenvalue weighted by Gasteiger charge is 2.12. The summed E-state index contributed by atoms with van der Waals surface area (Å²) < 4.78 is 25.2. The maximum absolute atomic E-state index is 12.3. The lowest BCUT2D eigenvalue weighted by Gasteiger charge is -2.02. The Balaban J connectivity index is 3.26. The molecule has 13 heavy (non-hydrogen) atoms. The van der Waals surface area contributed by atoms with Crippen molar-refractivity contribution < 1.29 is 13.6 Å². The number of alkyl halides is 2. The van der Waals surface area contributed by atoms with Gasteiger partial charge in [-0.3, -0.25) is 0 Å². The molecule has 0 saturated heterocycles. The Kier molecular flexibility index (Phi) is 3.28. The number of nitrogens with zero attached hydrogens (tertiary/aromatic N) is 1. The van der Waals surface area contributed by atoms with E-state index in [4.69, 9.17) is 0 Å². The number of rotatable bonds is 2. The molecule has 0 saturated carbocycles. The molecular formula is C8H4BrF2NO. The fourth-order valence-corrected chi connectivity index (χ4v) is 1.23. The zero-order chi connectivity index (χ0) is 9.84. The summed E-state index contributed by atoms with van der Waals surface area (Å²) in [6, 6.07) is 4.08. The van der Waals surface area contributed by atoms with Gasteiger partial charge in [-0.15, -0.1) is 0 Å². The van der Waals surface area contributed by atoms with E-state index in [1.807, 2.05) is 0 Å². The topological polar surface area (TPSA) is 29.4 Å². The number of hydrogen-bond donors (Lipinski definition) is 0. The average Bonchev–Trinajstić information content (AvgIpc) is 2.08. The van der Waals surface area contributed by atoms with Gasteiger partial charge in [-0.1, -0.05) is 15.9 Å². The molecule has 1 aromatic carbocycles. The van der Waals surface area contributed by atoms with Gasteiger partial charge in [0.05, 0.1) is 5.69 Å². The van der Waals surface area contributed by atoms with Crippen molar-refractivity contribution in [1.29, 1.82) is 0 Å². The molecular weight excluding hydrogens is 244 g/mol. The Labute approximate surface area is 81.4 Å². The highest BCUT2D eigenvalue weighted by Crippen LogP contribution is 2.31. The third-order valence-electron chi connectivity index (χ3n) is 1.39. The monoisotopic (exact) mass is 247 g/mol. The summed E-state index contributed by atoms with van der Waals surface area (Å²) in [6.45, 7) is 0. The Bertz CT molecular complexity index is 361. The molecule has 1 aromatic rings. The van der Waals surface area contributed by atoms with Crippen molar-refractivity contribution in [1.82, 2.24) is 0 Å². The average molecular weight is 248 g/mol. The summed E-state index contributed by atoms with van der Waals surface area (Å²) in [7, 11) is 0. The smallest absolute Gasteiger partial charge is 0.211 e. The van der Waals surface area contributed by atoms with E-state index in [1.54, 1.807) is 0 Å². The minimum absolute atomic E-state index is 0.0480. The van der Waals surface area contributed by atoms with Crippen LogP contribution in [-0.2, 0) is 4.79 Å². The first-order valence-electron chi connectivity index (χ1n) is 3.30. The van der Waals surface area contributed by atoms with Gasteiger partial charge in [0.2, 0.25) is 6.08 Å². The van der Waals surface area contributed by atoms with E-state index in [2.05, 4.69) is 20.9 Å². The highest BCUT2D eigenvalue weighted by molar-refractivity contribution is 9.10. The molecule has 0 heterocycles. The first kappa shape index (κ1) is 10.0. The van der Waals surface area contributed by atoms with Gasteiger partial charge in [-0.25, -0.2) is 13.6 Å². The van der Waals surface area contributed by atoms with E-state index in [0.29, 0.717) is 4.47 Å². The van der Waals surface area contributed by atoms with Crippen molar-refractivity contribution >= 4 is 27.7 Å². The summed E-state index contributed by atoms with van der Waals surface area (Å²) >= 11 is 3.04. The van der Waals surface area contributed by atoms with Crippen molar-refractivity contribution in [3.63, 3.8) is 0 Å². The van der Waals surface area contributed by atoms with Gasteiger partial charge in [0.15, 0.2) is 0 Å². The minimum atomic E-state index is -2.65. The molecule has 0 radical (unpaired) electrons. The lowest BCUT2D eigenvalue weighted by Crippen LogP contribution is -1.84. The molecule has 1 rings (SSSR count). The van der Waals surface area contributed by atoms with E-state index in [-0.39, 0.29) is 11.3 Å². The highest BCUT2D eigenvalue weighted by atomic mass is 79.9. The van der Waals surface area contributed by atoms with Crippen LogP contribution in [-0.4, -0.2) is 6.08 Å². The third kappa shape index (κ3) is 2.44. The molecule has 0 aromatic heterocycles. The lowest BCUT2D eigenvalue weighted by atomic mass is 10.2. The molecule has 0 amide bonds. The number of hydrogen-bond acceptors (Lipinski definition) is 2. The van der Waals surface area contributed by atoms with E-state index in [1.165, 1.54) is 24.3 Å². The summed E-state index contributed by atoms with van der Waals surface area (Å²) in [5, 5.41) is 0. The number of carbonyl (C=O) groups excluding carboxylic acids is 1. The molecule has 0 unspecified atom stereocenters. The van der Waals surface area contributed by atoms with Gasteiger partial charge < -0.3 is 0 Å². The Hall–Kier alpha value is -1.06. The molecule has 0 N–H and O–H groups in total. The van der Waals surface area contributed by atoms with Crippen LogP contribution in [0.5, 0.6) is 0 Å². The second-order valence-corrected chi connectivity index (χ2v) is 3.12. The molecule has 0 spiro atoms. The van der Waals surface area contributed by atoms with Crippen LogP contribution in [0.15, 0.2) is 27.7 Å². The van der Waals surface area contributed by atoms with Gasteiger partial charge in [0, 0.05) is 10.0 Å². The van der Waals surface area contributed by atoms with Crippen molar-refractivity contribution in [3.8, 4) is 0 Å². The fraction of sp³-hybridized carbons (Fsp3) is 0.125. The second kappa shape index (κ2) is 4.25. The predicted octanol–water partition coefficient (Wildman–Crippen LogP) is 3.35. The van der Waals surface area contributed by atoms with Crippen LogP contribution in [0, 0.1) is 0 Å². The Morgan fingerprint density at radius 3 is 2.69 bits per heavy atom. The van der Waals surface area contributed by atoms with Crippen LogP contribution in [0.25, 0.3) is 0 Å². The molecule has 0 bridgehead atoms. The van der Waals surface area contributed by atoms with Crippen LogP contribution >= 0.6 is 15.9 Å². The summed E-state index contributed by atoms with van der Waals surface area (Å²) in [5.41, 5.74) is -0.328. The third-order valence-corrected chi connectivity index (χ3v) is 1.88. The quantitative estimate of drug-likeness (QED) is 0.582. The number of halogens is 3. The zero-order valence-corrected chi connectivity index (χ0v) is 7.88. The van der Waals surface area contributed by atoms with Gasteiger partial charge >= 0.3 is 0 Å². The van der Waals surface area contributed by atoms with Crippen molar-refractivity contribution in [2.75, 3.05) is 0 Å². The number of isocyanates is 1. The van der Waals surface area contributed by atoms with Crippen molar-refractivity contribution in [2.24, 2.45) is 4.99 Å². The van der Waals surface area contributed by atoms with Crippen LogP contribution in [0.3, 0.4) is 0 Å². The standard InChI is InChI=1S/C8H4BrF2NO/c9-5-1-2-7(12-4-13)6(3-5)8(10)11/h1-3,8H. The molecule has 0 fully saturated rings. The van der Waals surface area contributed by atoms with Crippen molar-refractivity contribution in [2.45, 2.75) is 6.43 Å². The lowest BCUT2D eigenvalue weighted by molar-refractivity contribution is 0.152. The predicted molar refractivity (Wildman–Crippen MR) is 46.9 cm³/mol. The van der Waals surface area contributed by atoms with Gasteiger partial charge in [-0.05, 0) is 18.2 Å². The Morgan fingerprint density at radius 2 is 2.15 bits per heavy atom. The summed E-state index contributed by atoms with van der Waals surface area (Å²) in [4.78, 5) is 13.0. The molecule has 0 aliphatic heterocycles. The maximum Gasteiger partial charge on any atom is 0.265 e. The maximum atomic E-state index is 12.3. The first-order valence-corrected chi connectivity index (χ1v) is 4.10. The first-order chi connectivity index (χ1) is 6.15. The van der Waals surface area contributed by atoms with Crippen LogP contribution in [0.4, 0.5) is 14.5 Å². The number of aliphatic imine (C=N–C) groups is 1. The Morgan fingerprint density at radius 1 is 1.46 bits per heavy atom. The van der Waals surface area contributed by atoms with Crippen LogP contribution in [0.1, 0.15) is 12.0 Å². The van der Waals surface area contributed by atoms with Gasteiger partial charge in [0.25, 0.3) is 6.43 Å². The van der Waals surface area contributed by atoms with Crippen LogP contribution in [0.2, 0.25) is 0 Å². The second-order valence-electron chi connectivity index (χ2n) is 2.21. The molecule has 0 aliphatic rings. The molecule has 68 valence electrons. The van der Waals surface area contributed by atoms with Gasteiger partial charge in [-0.2, -0.15) is 4.99 Å². The fourth-order valence-electron chi connectivity index (χ4n) is 0.851.